The molecule has 122 valence electrons. The summed E-state index contributed by atoms with van der Waals surface area (Å²) < 4.78 is 5.47. The molecular weight excluding hydrogens is 282 g/mol. The smallest absolute Gasteiger partial charge is 0.269 e. The van der Waals surface area contributed by atoms with Crippen molar-refractivity contribution in [3.8, 4) is 0 Å². The van der Waals surface area contributed by atoms with Gasteiger partial charge in [-0.3, -0.25) is 15.0 Å². The molecule has 0 radical (unpaired) electrons. The number of nitro groups is 1. The number of ether oxygens (including phenoxy) is 1. The van der Waals surface area contributed by atoms with E-state index in [0.717, 1.165) is 31.9 Å². The van der Waals surface area contributed by atoms with Crippen LogP contribution in [0.5, 0.6) is 0 Å². The molecule has 0 bridgehead atoms. The largest absolute Gasteiger partial charge is 0.379 e. The number of benzene rings is 1. The van der Waals surface area contributed by atoms with E-state index in [1.54, 1.807) is 12.1 Å². The van der Waals surface area contributed by atoms with Gasteiger partial charge in [0.2, 0.25) is 0 Å². The Morgan fingerprint density at radius 3 is 2.68 bits per heavy atom. The minimum atomic E-state index is -0.371. The van der Waals surface area contributed by atoms with Crippen molar-refractivity contribution in [1.29, 1.82) is 0 Å². The van der Waals surface area contributed by atoms with Crippen LogP contribution in [-0.4, -0.2) is 48.2 Å². The lowest BCUT2D eigenvalue weighted by Gasteiger charge is -2.38. The van der Waals surface area contributed by atoms with Crippen LogP contribution in [-0.2, 0) is 4.74 Å². The minimum absolute atomic E-state index is 0.131. The molecule has 1 saturated heterocycles. The number of nitro benzene ring substituents is 1. The minimum Gasteiger partial charge on any atom is -0.379 e. The van der Waals surface area contributed by atoms with E-state index in [0.29, 0.717) is 12.1 Å². The van der Waals surface area contributed by atoms with Gasteiger partial charge in [0, 0.05) is 43.3 Å². The summed E-state index contributed by atoms with van der Waals surface area (Å²) in [6.07, 6.45) is 0. The molecule has 0 amide bonds. The summed E-state index contributed by atoms with van der Waals surface area (Å²) >= 11 is 0. The average Bonchev–Trinajstić information content (AvgIpc) is 2.52. The number of nitrogens with one attached hydrogen (secondary N) is 1. The standard InChI is InChI=1S/C16H25N3O3/c1-12(18-8-9-22-11-13(18)2)10-17-14(3)15-4-6-16(7-5-15)19(20)21/h4-7,12-14,17H,8-11H2,1-3H3. The summed E-state index contributed by atoms with van der Waals surface area (Å²) in [4.78, 5) is 12.8. The van der Waals surface area contributed by atoms with Crippen molar-refractivity contribution >= 4 is 5.69 Å². The third-order valence-electron chi connectivity index (χ3n) is 4.31. The first kappa shape index (κ1) is 16.9. The average molecular weight is 307 g/mol. The Balaban J connectivity index is 1.86. The zero-order valence-corrected chi connectivity index (χ0v) is 13.5. The van der Waals surface area contributed by atoms with Crippen LogP contribution >= 0.6 is 0 Å². The molecule has 6 nitrogen and oxygen atoms in total. The van der Waals surface area contributed by atoms with Gasteiger partial charge in [0.15, 0.2) is 0 Å². The SMILES string of the molecule is CC(NCC(C)N1CCOCC1C)c1ccc([N+](=O)[O-])cc1. The molecule has 0 spiro atoms. The molecule has 1 heterocycles. The summed E-state index contributed by atoms with van der Waals surface area (Å²) in [7, 11) is 0. The molecule has 22 heavy (non-hydrogen) atoms. The lowest BCUT2D eigenvalue weighted by molar-refractivity contribution is -0.384. The van der Waals surface area contributed by atoms with Crippen LogP contribution in [0.3, 0.4) is 0 Å². The molecule has 1 N–H and O–H groups in total. The van der Waals surface area contributed by atoms with Crippen LogP contribution in [0, 0.1) is 10.1 Å². The highest BCUT2D eigenvalue weighted by Gasteiger charge is 2.23. The fourth-order valence-electron chi connectivity index (χ4n) is 2.86. The Kier molecular flexibility index (Phi) is 5.88. The summed E-state index contributed by atoms with van der Waals surface area (Å²) in [6, 6.07) is 7.79. The maximum atomic E-state index is 10.7. The summed E-state index contributed by atoms with van der Waals surface area (Å²) in [5.41, 5.74) is 1.19. The van der Waals surface area contributed by atoms with Crippen molar-refractivity contribution in [1.82, 2.24) is 10.2 Å². The first-order chi connectivity index (χ1) is 10.5. The zero-order valence-electron chi connectivity index (χ0n) is 13.5. The van der Waals surface area contributed by atoms with Gasteiger partial charge in [-0.15, -0.1) is 0 Å². The molecule has 6 heteroatoms. The zero-order chi connectivity index (χ0) is 16.1. The predicted molar refractivity (Wildman–Crippen MR) is 86.0 cm³/mol. The second-order valence-electron chi connectivity index (χ2n) is 5.99. The van der Waals surface area contributed by atoms with E-state index in [-0.39, 0.29) is 16.7 Å². The molecule has 3 unspecified atom stereocenters. The van der Waals surface area contributed by atoms with Crippen molar-refractivity contribution in [3.63, 3.8) is 0 Å². The number of hydrogen-bond acceptors (Lipinski definition) is 5. The molecule has 1 aromatic carbocycles. The summed E-state index contributed by atoms with van der Waals surface area (Å²) in [5.74, 6) is 0. The van der Waals surface area contributed by atoms with Crippen LogP contribution in [0.15, 0.2) is 24.3 Å². The highest BCUT2D eigenvalue weighted by atomic mass is 16.6. The van der Waals surface area contributed by atoms with Crippen molar-refractivity contribution in [3.05, 3.63) is 39.9 Å². The predicted octanol–water partition coefficient (Wildman–Crippen LogP) is 2.35. The lowest BCUT2D eigenvalue weighted by atomic mass is 10.1. The van der Waals surface area contributed by atoms with Gasteiger partial charge in [0.05, 0.1) is 18.1 Å². The van der Waals surface area contributed by atoms with Gasteiger partial charge < -0.3 is 10.1 Å². The molecule has 0 saturated carbocycles. The Morgan fingerprint density at radius 2 is 2.09 bits per heavy atom. The van der Waals surface area contributed by atoms with Gasteiger partial charge in [-0.1, -0.05) is 12.1 Å². The Bertz CT molecular complexity index is 492. The topological polar surface area (TPSA) is 67.6 Å². The van der Waals surface area contributed by atoms with Gasteiger partial charge in [-0.25, -0.2) is 0 Å². The van der Waals surface area contributed by atoms with Gasteiger partial charge in [-0.05, 0) is 26.3 Å². The number of non-ortho nitro benzene ring substituents is 1. The number of morpholine rings is 1. The molecule has 1 aliphatic rings. The normalized spacial score (nSPS) is 22.2. The van der Waals surface area contributed by atoms with E-state index in [9.17, 15) is 10.1 Å². The van der Waals surface area contributed by atoms with E-state index in [1.807, 2.05) is 12.1 Å². The number of hydrogen-bond donors (Lipinski definition) is 1. The number of rotatable bonds is 6. The third kappa shape index (κ3) is 4.25. The van der Waals surface area contributed by atoms with Crippen LogP contribution in [0.1, 0.15) is 32.4 Å². The summed E-state index contributed by atoms with van der Waals surface area (Å²) in [6.45, 7) is 9.93. The van der Waals surface area contributed by atoms with Crippen LogP contribution in [0.4, 0.5) is 5.69 Å². The van der Waals surface area contributed by atoms with Crippen molar-refractivity contribution in [2.45, 2.75) is 38.9 Å². The monoisotopic (exact) mass is 307 g/mol. The lowest BCUT2D eigenvalue weighted by Crippen LogP contribution is -2.51. The molecule has 0 aromatic heterocycles. The maximum Gasteiger partial charge on any atom is 0.269 e. The Morgan fingerprint density at radius 1 is 1.41 bits per heavy atom. The van der Waals surface area contributed by atoms with Gasteiger partial charge in [0.1, 0.15) is 0 Å². The van der Waals surface area contributed by atoms with Crippen molar-refractivity contribution in [2.24, 2.45) is 0 Å². The molecule has 1 fully saturated rings. The number of nitrogens with zero attached hydrogens (tertiary/aromatic N) is 2. The molecule has 1 aliphatic heterocycles. The Labute approximate surface area is 131 Å². The fraction of sp³-hybridized carbons (Fsp3) is 0.625. The Hall–Kier alpha value is -1.50. The molecule has 0 aliphatic carbocycles. The summed E-state index contributed by atoms with van der Waals surface area (Å²) in [5, 5.41) is 14.2. The second kappa shape index (κ2) is 7.67. The molecular formula is C16H25N3O3. The van der Waals surface area contributed by atoms with Crippen LogP contribution in [0.25, 0.3) is 0 Å². The highest BCUT2D eigenvalue weighted by molar-refractivity contribution is 5.34. The maximum absolute atomic E-state index is 10.7. The molecule has 1 aromatic rings. The van der Waals surface area contributed by atoms with E-state index in [4.69, 9.17) is 4.74 Å². The molecule has 3 atom stereocenters. The van der Waals surface area contributed by atoms with Crippen molar-refractivity contribution < 1.29 is 9.66 Å². The highest BCUT2D eigenvalue weighted by Crippen LogP contribution is 2.18. The van der Waals surface area contributed by atoms with E-state index >= 15 is 0 Å². The van der Waals surface area contributed by atoms with Gasteiger partial charge in [0.25, 0.3) is 5.69 Å². The van der Waals surface area contributed by atoms with Gasteiger partial charge in [-0.2, -0.15) is 0 Å². The third-order valence-corrected chi connectivity index (χ3v) is 4.31. The quantitative estimate of drug-likeness (QED) is 0.645. The van der Waals surface area contributed by atoms with Gasteiger partial charge >= 0.3 is 0 Å². The first-order valence-corrected chi connectivity index (χ1v) is 7.80. The van der Waals surface area contributed by atoms with E-state index < -0.39 is 0 Å². The molecule has 2 rings (SSSR count). The fourth-order valence-corrected chi connectivity index (χ4v) is 2.86. The first-order valence-electron chi connectivity index (χ1n) is 7.80. The van der Waals surface area contributed by atoms with Crippen LogP contribution in [0.2, 0.25) is 0 Å². The van der Waals surface area contributed by atoms with E-state index in [1.165, 1.54) is 0 Å². The van der Waals surface area contributed by atoms with Crippen LogP contribution < -0.4 is 5.32 Å². The van der Waals surface area contributed by atoms with Crippen molar-refractivity contribution in [2.75, 3.05) is 26.3 Å². The van der Waals surface area contributed by atoms with E-state index in [2.05, 4.69) is 31.0 Å². The second-order valence-corrected chi connectivity index (χ2v) is 5.99.